The Balaban J connectivity index is 2.30. The Morgan fingerprint density at radius 3 is 2.69 bits per heavy atom. The summed E-state index contributed by atoms with van der Waals surface area (Å²) in [6.45, 7) is 0. The number of anilines is 1. The minimum atomic E-state index is 0.228. The molecule has 2 aromatic carbocycles. The van der Waals surface area contributed by atoms with Gasteiger partial charge in [-0.25, -0.2) is 0 Å². The lowest BCUT2D eigenvalue weighted by atomic mass is 10.0. The molecule has 0 bridgehead atoms. The summed E-state index contributed by atoms with van der Waals surface area (Å²) in [4.78, 5) is 0. The maximum Gasteiger partial charge on any atom is 0.116 e. The van der Waals surface area contributed by atoms with Crippen LogP contribution in [0, 0.1) is 0 Å². The van der Waals surface area contributed by atoms with Crippen LogP contribution in [-0.2, 0) is 6.42 Å². The van der Waals surface area contributed by atoms with Crippen molar-refractivity contribution in [2.75, 3.05) is 5.73 Å². The summed E-state index contributed by atoms with van der Waals surface area (Å²) in [7, 11) is 0. The maximum atomic E-state index is 9.39. The largest absolute Gasteiger partial charge is 0.508 e. The molecule has 0 atom stereocenters. The molecule has 0 aliphatic heterocycles. The normalized spacial score (nSPS) is 10.3. The van der Waals surface area contributed by atoms with Crippen LogP contribution in [0.5, 0.6) is 5.75 Å². The summed E-state index contributed by atoms with van der Waals surface area (Å²) in [5.41, 5.74) is 8.49. The van der Waals surface area contributed by atoms with E-state index in [4.69, 9.17) is 17.3 Å². The second kappa shape index (κ2) is 4.45. The van der Waals surface area contributed by atoms with Crippen LogP contribution < -0.4 is 5.73 Å². The van der Waals surface area contributed by atoms with E-state index in [-0.39, 0.29) is 5.75 Å². The fourth-order valence-electron chi connectivity index (χ4n) is 1.61. The SMILES string of the molecule is Nc1ccc(O)cc1Cc1cccc(Cl)c1. The average molecular weight is 234 g/mol. The molecule has 3 heteroatoms. The molecule has 0 aliphatic rings. The van der Waals surface area contributed by atoms with Crippen molar-refractivity contribution in [2.24, 2.45) is 0 Å². The van der Waals surface area contributed by atoms with Crippen molar-refractivity contribution >= 4 is 17.3 Å². The van der Waals surface area contributed by atoms with Crippen molar-refractivity contribution in [2.45, 2.75) is 6.42 Å². The quantitative estimate of drug-likeness (QED) is 0.618. The molecule has 0 fully saturated rings. The van der Waals surface area contributed by atoms with Gasteiger partial charge in [-0.3, -0.25) is 0 Å². The average Bonchev–Trinajstić information content (AvgIpc) is 2.24. The molecule has 3 N–H and O–H groups in total. The van der Waals surface area contributed by atoms with Crippen molar-refractivity contribution in [1.82, 2.24) is 0 Å². The highest BCUT2D eigenvalue weighted by Crippen LogP contribution is 2.22. The van der Waals surface area contributed by atoms with E-state index >= 15 is 0 Å². The third kappa shape index (κ3) is 2.47. The van der Waals surface area contributed by atoms with E-state index in [1.54, 1.807) is 18.2 Å². The Bertz CT molecular complexity index is 511. The Morgan fingerprint density at radius 1 is 1.12 bits per heavy atom. The number of nitrogens with two attached hydrogens (primary N) is 1. The number of benzene rings is 2. The number of rotatable bonds is 2. The van der Waals surface area contributed by atoms with E-state index in [0.717, 1.165) is 11.1 Å². The summed E-state index contributed by atoms with van der Waals surface area (Å²) in [6, 6.07) is 12.6. The molecule has 0 amide bonds. The number of halogens is 1. The molecule has 16 heavy (non-hydrogen) atoms. The lowest BCUT2D eigenvalue weighted by Crippen LogP contribution is -1.95. The van der Waals surface area contributed by atoms with Gasteiger partial charge in [0.2, 0.25) is 0 Å². The van der Waals surface area contributed by atoms with Gasteiger partial charge in [0, 0.05) is 10.7 Å². The van der Waals surface area contributed by atoms with Crippen LogP contribution in [0.1, 0.15) is 11.1 Å². The number of phenols is 1. The molecular weight excluding hydrogens is 222 g/mol. The molecule has 0 unspecified atom stereocenters. The molecule has 0 heterocycles. The predicted molar refractivity (Wildman–Crippen MR) is 66.8 cm³/mol. The van der Waals surface area contributed by atoms with E-state index in [0.29, 0.717) is 17.1 Å². The van der Waals surface area contributed by atoms with Crippen LogP contribution in [0.2, 0.25) is 5.02 Å². The van der Waals surface area contributed by atoms with Crippen molar-refractivity contribution in [3.63, 3.8) is 0 Å². The molecule has 2 aromatic rings. The molecule has 2 rings (SSSR count). The Kier molecular flexibility index (Phi) is 3.02. The van der Waals surface area contributed by atoms with Crippen LogP contribution in [0.4, 0.5) is 5.69 Å². The first-order valence-corrected chi connectivity index (χ1v) is 5.35. The monoisotopic (exact) mass is 233 g/mol. The first kappa shape index (κ1) is 10.8. The summed E-state index contributed by atoms with van der Waals surface area (Å²) in [5.74, 6) is 0.228. The highest BCUT2D eigenvalue weighted by molar-refractivity contribution is 6.30. The molecule has 0 spiro atoms. The Morgan fingerprint density at radius 2 is 1.94 bits per heavy atom. The number of nitrogen functional groups attached to an aromatic ring is 1. The Labute approximate surface area is 99.3 Å². The van der Waals surface area contributed by atoms with Crippen molar-refractivity contribution < 1.29 is 5.11 Å². The van der Waals surface area contributed by atoms with Crippen molar-refractivity contribution in [3.05, 3.63) is 58.6 Å². The number of phenolic OH excluding ortho intramolecular Hbond substituents is 1. The third-order valence-electron chi connectivity index (χ3n) is 2.41. The summed E-state index contributed by atoms with van der Waals surface area (Å²) in [6.07, 6.45) is 0.667. The molecule has 0 aromatic heterocycles. The first-order chi connectivity index (χ1) is 7.65. The molecule has 0 saturated heterocycles. The van der Waals surface area contributed by atoms with E-state index in [1.165, 1.54) is 0 Å². The van der Waals surface area contributed by atoms with E-state index < -0.39 is 0 Å². The van der Waals surface area contributed by atoms with Crippen LogP contribution in [0.15, 0.2) is 42.5 Å². The van der Waals surface area contributed by atoms with Crippen LogP contribution in [0.25, 0.3) is 0 Å². The van der Waals surface area contributed by atoms with Gasteiger partial charge in [-0.05, 0) is 47.9 Å². The minimum absolute atomic E-state index is 0.228. The minimum Gasteiger partial charge on any atom is -0.508 e. The van der Waals surface area contributed by atoms with Gasteiger partial charge in [0.1, 0.15) is 5.75 Å². The van der Waals surface area contributed by atoms with Gasteiger partial charge in [-0.15, -0.1) is 0 Å². The zero-order valence-electron chi connectivity index (χ0n) is 8.65. The lowest BCUT2D eigenvalue weighted by Gasteiger charge is -2.06. The standard InChI is InChI=1S/C13H12ClNO/c14-11-3-1-2-9(7-11)6-10-8-12(16)4-5-13(10)15/h1-5,7-8,16H,6,15H2. The van der Waals surface area contributed by atoms with Crippen molar-refractivity contribution in [1.29, 1.82) is 0 Å². The van der Waals surface area contributed by atoms with Crippen LogP contribution in [-0.4, -0.2) is 5.11 Å². The molecule has 0 radical (unpaired) electrons. The Hall–Kier alpha value is -1.67. The lowest BCUT2D eigenvalue weighted by molar-refractivity contribution is 0.475. The summed E-state index contributed by atoms with van der Waals surface area (Å²) >= 11 is 5.90. The van der Waals surface area contributed by atoms with E-state index in [1.807, 2.05) is 24.3 Å². The molecule has 0 aliphatic carbocycles. The topological polar surface area (TPSA) is 46.2 Å². The molecule has 0 saturated carbocycles. The van der Waals surface area contributed by atoms with Gasteiger partial charge in [-0.2, -0.15) is 0 Å². The number of hydrogen-bond acceptors (Lipinski definition) is 2. The summed E-state index contributed by atoms with van der Waals surface area (Å²) in [5, 5.41) is 10.1. The molecule has 2 nitrogen and oxygen atoms in total. The van der Waals surface area contributed by atoms with Crippen LogP contribution >= 0.6 is 11.6 Å². The number of aromatic hydroxyl groups is 1. The fourth-order valence-corrected chi connectivity index (χ4v) is 1.82. The van der Waals surface area contributed by atoms with E-state index in [9.17, 15) is 5.11 Å². The van der Waals surface area contributed by atoms with Crippen molar-refractivity contribution in [3.8, 4) is 5.75 Å². The predicted octanol–water partition coefficient (Wildman–Crippen LogP) is 3.22. The van der Waals surface area contributed by atoms with Gasteiger partial charge in [-0.1, -0.05) is 23.7 Å². The molecular formula is C13H12ClNO. The van der Waals surface area contributed by atoms with Gasteiger partial charge < -0.3 is 10.8 Å². The fraction of sp³-hybridized carbons (Fsp3) is 0.0769. The number of hydrogen-bond donors (Lipinski definition) is 2. The van der Waals surface area contributed by atoms with Gasteiger partial charge in [0.25, 0.3) is 0 Å². The second-order valence-corrected chi connectivity index (χ2v) is 4.13. The van der Waals surface area contributed by atoms with Gasteiger partial charge in [0.15, 0.2) is 0 Å². The van der Waals surface area contributed by atoms with Gasteiger partial charge in [0.05, 0.1) is 0 Å². The zero-order valence-corrected chi connectivity index (χ0v) is 9.41. The smallest absolute Gasteiger partial charge is 0.116 e. The highest BCUT2D eigenvalue weighted by Gasteiger charge is 2.02. The highest BCUT2D eigenvalue weighted by atomic mass is 35.5. The molecule has 82 valence electrons. The first-order valence-electron chi connectivity index (χ1n) is 4.97. The summed E-state index contributed by atoms with van der Waals surface area (Å²) < 4.78 is 0. The maximum absolute atomic E-state index is 9.39. The second-order valence-electron chi connectivity index (χ2n) is 3.69. The van der Waals surface area contributed by atoms with Crippen LogP contribution in [0.3, 0.4) is 0 Å². The zero-order chi connectivity index (χ0) is 11.5. The van der Waals surface area contributed by atoms with E-state index in [2.05, 4.69) is 0 Å². The third-order valence-corrected chi connectivity index (χ3v) is 2.65. The van der Waals surface area contributed by atoms with Gasteiger partial charge >= 0.3 is 0 Å².